The van der Waals surface area contributed by atoms with Gasteiger partial charge in [0.05, 0.1) is 0 Å². The fourth-order valence-electron chi connectivity index (χ4n) is 9.33. The molecule has 0 saturated carbocycles. The van der Waals surface area contributed by atoms with Gasteiger partial charge in [0.2, 0.25) is 0 Å². The number of hydrogen-bond acceptors (Lipinski definition) is 6. The first kappa shape index (κ1) is 74.3. The van der Waals surface area contributed by atoms with Crippen LogP contribution in [0.5, 0.6) is 0 Å². The highest BCUT2D eigenvalue weighted by molar-refractivity contribution is 5.71. The predicted octanol–water partition coefficient (Wildman–Crippen LogP) is 22.8. The lowest BCUT2D eigenvalue weighted by atomic mass is 10.0. The van der Waals surface area contributed by atoms with E-state index >= 15 is 0 Å². The molecule has 0 N–H and O–H groups in total. The molecular weight excluding hydrogens is 961 g/mol. The topological polar surface area (TPSA) is 78.9 Å². The summed E-state index contributed by atoms with van der Waals surface area (Å²) >= 11 is 0. The molecule has 0 rings (SSSR count). The first-order valence-corrected chi connectivity index (χ1v) is 33.2. The van der Waals surface area contributed by atoms with Crippen LogP contribution in [0.2, 0.25) is 0 Å². The zero-order valence-corrected chi connectivity index (χ0v) is 51.4. The van der Waals surface area contributed by atoms with Crippen LogP contribution in [0.1, 0.15) is 323 Å². The van der Waals surface area contributed by atoms with Crippen molar-refractivity contribution in [2.75, 3.05) is 13.2 Å². The Balaban J connectivity index is 4.26. The normalized spacial score (nSPS) is 12.7. The number of rotatable bonds is 60. The molecule has 0 heterocycles. The van der Waals surface area contributed by atoms with Gasteiger partial charge in [0.25, 0.3) is 0 Å². The maximum atomic E-state index is 12.9. The number of carbonyl (C=O) groups excluding carboxylic acids is 3. The average molecular weight is 1090 g/mol. The van der Waals surface area contributed by atoms with Gasteiger partial charge in [0, 0.05) is 19.3 Å². The lowest BCUT2D eigenvalue weighted by Gasteiger charge is -2.18. The summed E-state index contributed by atoms with van der Waals surface area (Å²) in [6, 6.07) is 0. The van der Waals surface area contributed by atoms with Crippen LogP contribution in [0.25, 0.3) is 0 Å². The molecular formula is C72H124O6. The van der Waals surface area contributed by atoms with Gasteiger partial charge in [-0.25, -0.2) is 0 Å². The second-order valence-electron chi connectivity index (χ2n) is 22.0. The van der Waals surface area contributed by atoms with Crippen LogP contribution in [-0.2, 0) is 28.6 Å². The van der Waals surface area contributed by atoms with E-state index in [1.165, 1.54) is 167 Å². The van der Waals surface area contributed by atoms with E-state index in [2.05, 4.69) is 118 Å². The summed E-state index contributed by atoms with van der Waals surface area (Å²) in [4.78, 5) is 38.3. The lowest BCUT2D eigenvalue weighted by Crippen LogP contribution is -2.30. The molecule has 0 aliphatic carbocycles. The quantitative estimate of drug-likeness (QED) is 0.0261. The molecule has 0 saturated heterocycles. The summed E-state index contributed by atoms with van der Waals surface area (Å²) < 4.78 is 16.9. The van der Waals surface area contributed by atoms with E-state index < -0.39 is 6.10 Å². The summed E-state index contributed by atoms with van der Waals surface area (Å²) in [6.07, 6.45) is 88.5. The van der Waals surface area contributed by atoms with E-state index in [0.29, 0.717) is 19.3 Å². The molecule has 1 atom stereocenters. The standard InChI is InChI=1S/C72H124O6/c1-4-7-10-13-16-19-22-25-27-29-31-32-33-34-35-36-37-38-39-40-41-43-44-47-50-53-56-59-62-65-71(74)77-68-69(67-76-70(73)64-61-58-55-52-49-46-24-21-18-15-12-9-6-3)78-72(75)66-63-60-57-54-51-48-45-42-30-28-26-23-20-17-14-11-8-5-2/h7,10,12,15-16,19,21,24-25,27-28,30-32,34-35,69H,4-6,8-9,11,13-14,17-18,20,22-23,26,29,33,36-68H2,1-3H3/b10-7-,15-12-,19-16-,24-21-,27-25-,30-28-,32-31-,35-34-. The fourth-order valence-corrected chi connectivity index (χ4v) is 9.33. The molecule has 0 aliphatic rings. The van der Waals surface area contributed by atoms with Crippen LogP contribution in [0, 0.1) is 0 Å². The number of unbranched alkanes of at least 4 members (excludes halogenated alkanes) is 33. The number of carbonyl (C=O) groups is 3. The van der Waals surface area contributed by atoms with E-state index in [9.17, 15) is 14.4 Å². The summed E-state index contributed by atoms with van der Waals surface area (Å²) in [5, 5.41) is 0. The van der Waals surface area contributed by atoms with Crippen molar-refractivity contribution in [2.24, 2.45) is 0 Å². The molecule has 6 heteroatoms. The van der Waals surface area contributed by atoms with Crippen molar-refractivity contribution in [2.45, 2.75) is 329 Å². The molecule has 0 aromatic rings. The van der Waals surface area contributed by atoms with Crippen molar-refractivity contribution in [3.05, 3.63) is 97.2 Å². The van der Waals surface area contributed by atoms with Gasteiger partial charge in [0.1, 0.15) is 13.2 Å². The first-order valence-electron chi connectivity index (χ1n) is 33.2. The smallest absolute Gasteiger partial charge is 0.306 e. The zero-order chi connectivity index (χ0) is 56.4. The SMILES string of the molecule is CC/C=C\C/C=C\C/C=C\C/C=C\C/C=C\CCCCCCCCCCCCCCCC(=O)OCC(COC(=O)CCCCCCC/C=C\C/C=C\CCC)OC(=O)CCCCCCCCC/C=C\CCCCCCCCC. The van der Waals surface area contributed by atoms with Gasteiger partial charge < -0.3 is 14.2 Å². The van der Waals surface area contributed by atoms with Gasteiger partial charge in [-0.05, 0) is 116 Å². The third kappa shape index (κ3) is 63.2. The second-order valence-corrected chi connectivity index (χ2v) is 22.0. The number of esters is 3. The van der Waals surface area contributed by atoms with E-state index in [1.807, 2.05) is 0 Å². The van der Waals surface area contributed by atoms with Gasteiger partial charge in [0.15, 0.2) is 6.10 Å². The number of hydrogen-bond donors (Lipinski definition) is 0. The van der Waals surface area contributed by atoms with Crippen LogP contribution in [0.15, 0.2) is 97.2 Å². The molecule has 0 fully saturated rings. The summed E-state index contributed by atoms with van der Waals surface area (Å²) in [7, 11) is 0. The fraction of sp³-hybridized carbons (Fsp3) is 0.736. The van der Waals surface area contributed by atoms with Gasteiger partial charge in [-0.3, -0.25) is 14.4 Å². The van der Waals surface area contributed by atoms with Gasteiger partial charge in [-0.1, -0.05) is 285 Å². The van der Waals surface area contributed by atoms with Gasteiger partial charge in [-0.15, -0.1) is 0 Å². The van der Waals surface area contributed by atoms with E-state index in [0.717, 1.165) is 116 Å². The Labute approximate surface area is 483 Å². The van der Waals surface area contributed by atoms with Crippen molar-refractivity contribution >= 4 is 17.9 Å². The van der Waals surface area contributed by atoms with Crippen molar-refractivity contribution in [1.82, 2.24) is 0 Å². The molecule has 0 aromatic heterocycles. The van der Waals surface area contributed by atoms with Crippen LogP contribution < -0.4 is 0 Å². The molecule has 0 radical (unpaired) electrons. The molecule has 0 spiro atoms. The third-order valence-corrected chi connectivity index (χ3v) is 14.3. The molecule has 0 amide bonds. The maximum Gasteiger partial charge on any atom is 0.306 e. The largest absolute Gasteiger partial charge is 0.462 e. The Hall–Kier alpha value is -3.67. The average Bonchev–Trinajstić information content (AvgIpc) is 3.44. The molecule has 78 heavy (non-hydrogen) atoms. The highest BCUT2D eigenvalue weighted by Gasteiger charge is 2.19. The maximum absolute atomic E-state index is 12.9. The number of allylic oxidation sites excluding steroid dienone is 16. The molecule has 0 aliphatic heterocycles. The minimum absolute atomic E-state index is 0.0826. The molecule has 448 valence electrons. The molecule has 0 bridgehead atoms. The highest BCUT2D eigenvalue weighted by Crippen LogP contribution is 2.16. The van der Waals surface area contributed by atoms with Gasteiger partial charge >= 0.3 is 17.9 Å². The minimum Gasteiger partial charge on any atom is -0.462 e. The van der Waals surface area contributed by atoms with Crippen molar-refractivity contribution in [3.63, 3.8) is 0 Å². The summed E-state index contributed by atoms with van der Waals surface area (Å²) in [5.74, 6) is -0.891. The zero-order valence-electron chi connectivity index (χ0n) is 51.4. The summed E-state index contributed by atoms with van der Waals surface area (Å²) in [6.45, 7) is 6.47. The van der Waals surface area contributed by atoms with Crippen LogP contribution in [0.4, 0.5) is 0 Å². The molecule has 0 aromatic carbocycles. The van der Waals surface area contributed by atoms with Crippen LogP contribution >= 0.6 is 0 Å². The third-order valence-electron chi connectivity index (χ3n) is 14.3. The monoisotopic (exact) mass is 1080 g/mol. The van der Waals surface area contributed by atoms with Gasteiger partial charge in [-0.2, -0.15) is 0 Å². The molecule has 6 nitrogen and oxygen atoms in total. The van der Waals surface area contributed by atoms with E-state index in [1.54, 1.807) is 0 Å². The van der Waals surface area contributed by atoms with Crippen molar-refractivity contribution in [1.29, 1.82) is 0 Å². The van der Waals surface area contributed by atoms with Crippen molar-refractivity contribution < 1.29 is 28.6 Å². The molecule has 1 unspecified atom stereocenters. The first-order chi connectivity index (χ1) is 38.5. The second kappa shape index (κ2) is 65.8. The minimum atomic E-state index is -0.787. The highest BCUT2D eigenvalue weighted by atomic mass is 16.6. The number of ether oxygens (including phenoxy) is 3. The van der Waals surface area contributed by atoms with E-state index in [4.69, 9.17) is 14.2 Å². The van der Waals surface area contributed by atoms with Crippen LogP contribution in [-0.4, -0.2) is 37.2 Å². The van der Waals surface area contributed by atoms with Crippen LogP contribution in [0.3, 0.4) is 0 Å². The van der Waals surface area contributed by atoms with Crippen molar-refractivity contribution in [3.8, 4) is 0 Å². The Morgan fingerprint density at radius 3 is 0.846 bits per heavy atom. The van der Waals surface area contributed by atoms with E-state index in [-0.39, 0.29) is 31.1 Å². The predicted molar refractivity (Wildman–Crippen MR) is 339 cm³/mol. The lowest BCUT2D eigenvalue weighted by molar-refractivity contribution is -0.167. The Morgan fingerprint density at radius 1 is 0.269 bits per heavy atom. The Morgan fingerprint density at radius 2 is 0.526 bits per heavy atom. The Kier molecular flexibility index (Phi) is 62.7. The Bertz CT molecular complexity index is 1530. The summed E-state index contributed by atoms with van der Waals surface area (Å²) in [5.41, 5.74) is 0.